The number of ether oxygens (including phenoxy) is 2. The van der Waals surface area contributed by atoms with Gasteiger partial charge in [0.25, 0.3) is 0 Å². The molecule has 0 atom stereocenters. The number of H-pyrrole nitrogens is 1. The van der Waals surface area contributed by atoms with Gasteiger partial charge in [-0.25, -0.2) is 9.97 Å². The SMILES string of the molecule is COCCOc1cccc(NC(=O)C2(CN)CCN(c3ncnc4[nH]cc(C)c34)CC2)c1. The fourth-order valence-electron chi connectivity index (χ4n) is 4.18. The van der Waals surface area contributed by atoms with E-state index in [9.17, 15) is 4.79 Å². The Labute approximate surface area is 187 Å². The van der Waals surface area contributed by atoms with Crippen LogP contribution in [0.2, 0.25) is 0 Å². The summed E-state index contributed by atoms with van der Waals surface area (Å²) in [5.41, 5.74) is 8.15. The molecule has 1 fully saturated rings. The van der Waals surface area contributed by atoms with Crippen molar-refractivity contribution in [1.29, 1.82) is 0 Å². The number of carbonyl (C=O) groups is 1. The zero-order chi connectivity index (χ0) is 22.6. The number of nitrogens with two attached hydrogens (primary N) is 1. The molecule has 9 heteroatoms. The van der Waals surface area contributed by atoms with Gasteiger partial charge in [0, 0.05) is 44.7 Å². The second-order valence-electron chi connectivity index (χ2n) is 8.19. The number of aromatic amines is 1. The molecule has 1 aromatic carbocycles. The van der Waals surface area contributed by atoms with E-state index in [2.05, 4.69) is 25.2 Å². The summed E-state index contributed by atoms with van der Waals surface area (Å²) in [5.74, 6) is 1.53. The number of aromatic nitrogens is 3. The number of nitrogens with zero attached hydrogens (tertiary/aromatic N) is 3. The maximum atomic E-state index is 13.3. The summed E-state index contributed by atoms with van der Waals surface area (Å²) in [4.78, 5) is 27.5. The van der Waals surface area contributed by atoms with Gasteiger partial charge in [0.2, 0.25) is 5.91 Å². The number of fused-ring (bicyclic) bond motifs is 1. The van der Waals surface area contributed by atoms with Gasteiger partial charge < -0.3 is 30.4 Å². The van der Waals surface area contributed by atoms with Crippen LogP contribution in [0.5, 0.6) is 5.75 Å². The second kappa shape index (κ2) is 9.54. The zero-order valence-corrected chi connectivity index (χ0v) is 18.6. The predicted octanol–water partition coefficient (Wildman–Crippen LogP) is 2.48. The van der Waals surface area contributed by atoms with E-state index in [-0.39, 0.29) is 5.91 Å². The number of aryl methyl sites for hydroxylation is 1. The standard InChI is InChI=1S/C23H30N6O3/c1-16-13-25-20-19(16)21(27-15-26-20)29-8-6-23(14-24,7-9-29)22(30)28-17-4-3-5-18(12-17)32-11-10-31-2/h3-5,12-13,15H,6-11,14,24H2,1-2H3,(H,28,30)(H,25,26,27). The van der Waals surface area contributed by atoms with Gasteiger partial charge in [-0.1, -0.05) is 6.07 Å². The van der Waals surface area contributed by atoms with Crippen molar-refractivity contribution < 1.29 is 14.3 Å². The van der Waals surface area contributed by atoms with Gasteiger partial charge >= 0.3 is 0 Å². The molecule has 1 aliphatic heterocycles. The average Bonchev–Trinajstić information content (AvgIpc) is 3.20. The average molecular weight is 439 g/mol. The maximum Gasteiger partial charge on any atom is 0.232 e. The lowest BCUT2D eigenvalue weighted by atomic mass is 9.77. The highest BCUT2D eigenvalue weighted by molar-refractivity contribution is 5.96. The summed E-state index contributed by atoms with van der Waals surface area (Å²) in [6.07, 6.45) is 4.81. The van der Waals surface area contributed by atoms with Gasteiger partial charge in [0.05, 0.1) is 17.4 Å². The van der Waals surface area contributed by atoms with Crippen molar-refractivity contribution in [3.63, 3.8) is 0 Å². The van der Waals surface area contributed by atoms with Crippen molar-refractivity contribution >= 4 is 28.4 Å². The molecule has 1 aliphatic rings. The number of nitrogens with one attached hydrogen (secondary N) is 2. The molecule has 0 spiro atoms. The number of anilines is 2. The van der Waals surface area contributed by atoms with Gasteiger partial charge in [0.1, 0.15) is 30.1 Å². The highest BCUT2D eigenvalue weighted by Gasteiger charge is 2.41. The first-order valence-electron chi connectivity index (χ1n) is 10.8. The van der Waals surface area contributed by atoms with Crippen molar-refractivity contribution in [2.24, 2.45) is 11.1 Å². The first-order chi connectivity index (χ1) is 15.6. The molecule has 1 saturated heterocycles. The summed E-state index contributed by atoms with van der Waals surface area (Å²) in [7, 11) is 1.63. The van der Waals surface area contributed by atoms with Gasteiger partial charge in [-0.15, -0.1) is 0 Å². The van der Waals surface area contributed by atoms with Gasteiger partial charge in [-0.3, -0.25) is 4.79 Å². The van der Waals surface area contributed by atoms with Gasteiger partial charge in [0.15, 0.2) is 0 Å². The Bertz CT molecular complexity index is 1070. The molecular formula is C23H30N6O3. The number of piperidine rings is 1. The molecule has 3 heterocycles. The van der Waals surface area contributed by atoms with Crippen LogP contribution < -0.4 is 20.7 Å². The summed E-state index contributed by atoms with van der Waals surface area (Å²) >= 11 is 0. The zero-order valence-electron chi connectivity index (χ0n) is 18.6. The number of amides is 1. The van der Waals surface area contributed by atoms with E-state index in [4.69, 9.17) is 15.2 Å². The Balaban J connectivity index is 1.44. The lowest BCUT2D eigenvalue weighted by Crippen LogP contribution is -2.50. The number of hydrogen-bond donors (Lipinski definition) is 3. The molecule has 3 aromatic rings. The predicted molar refractivity (Wildman–Crippen MR) is 124 cm³/mol. The number of hydrogen-bond acceptors (Lipinski definition) is 7. The van der Waals surface area contributed by atoms with Crippen molar-refractivity contribution in [2.45, 2.75) is 19.8 Å². The molecule has 4 rings (SSSR count). The van der Waals surface area contributed by atoms with Gasteiger partial charge in [-0.05, 0) is 37.5 Å². The van der Waals surface area contributed by atoms with Crippen LogP contribution in [0.3, 0.4) is 0 Å². The van der Waals surface area contributed by atoms with Crippen LogP contribution >= 0.6 is 0 Å². The molecule has 0 aliphatic carbocycles. The third-order valence-corrected chi connectivity index (χ3v) is 6.19. The van der Waals surface area contributed by atoms with Crippen LogP contribution in [0.15, 0.2) is 36.8 Å². The minimum absolute atomic E-state index is 0.0562. The summed E-state index contributed by atoms with van der Waals surface area (Å²) in [6.45, 7) is 4.68. The topological polar surface area (TPSA) is 118 Å². The minimum Gasteiger partial charge on any atom is -0.491 e. The van der Waals surface area contributed by atoms with E-state index < -0.39 is 5.41 Å². The van der Waals surface area contributed by atoms with Crippen LogP contribution in [0.25, 0.3) is 11.0 Å². The van der Waals surface area contributed by atoms with Crippen LogP contribution in [0, 0.1) is 12.3 Å². The monoisotopic (exact) mass is 438 g/mol. The quantitative estimate of drug-likeness (QED) is 0.462. The third-order valence-electron chi connectivity index (χ3n) is 6.19. The van der Waals surface area contributed by atoms with Gasteiger partial charge in [-0.2, -0.15) is 0 Å². The second-order valence-corrected chi connectivity index (χ2v) is 8.19. The molecule has 0 bridgehead atoms. The normalized spacial score (nSPS) is 15.7. The summed E-state index contributed by atoms with van der Waals surface area (Å²) in [5, 5.41) is 4.07. The van der Waals surface area contributed by atoms with E-state index in [1.165, 1.54) is 0 Å². The van der Waals surface area contributed by atoms with Crippen LogP contribution in [-0.2, 0) is 9.53 Å². The first-order valence-corrected chi connectivity index (χ1v) is 10.8. The van der Waals surface area contributed by atoms with E-state index in [0.29, 0.717) is 57.1 Å². The van der Waals surface area contributed by atoms with Crippen molar-refractivity contribution in [1.82, 2.24) is 15.0 Å². The van der Waals surface area contributed by atoms with Crippen molar-refractivity contribution in [3.8, 4) is 5.75 Å². The largest absolute Gasteiger partial charge is 0.491 e. The van der Waals surface area contributed by atoms with Crippen molar-refractivity contribution in [3.05, 3.63) is 42.4 Å². The molecule has 2 aromatic heterocycles. The number of benzene rings is 1. The van der Waals surface area contributed by atoms with E-state index in [0.717, 1.165) is 22.4 Å². The van der Waals surface area contributed by atoms with Crippen LogP contribution in [0.1, 0.15) is 18.4 Å². The van der Waals surface area contributed by atoms with Crippen LogP contribution in [-0.4, -0.2) is 60.8 Å². The molecule has 4 N–H and O–H groups in total. The Morgan fingerprint density at radius 1 is 1.28 bits per heavy atom. The van der Waals surface area contributed by atoms with E-state index >= 15 is 0 Å². The number of rotatable bonds is 8. The molecule has 1 amide bonds. The fraction of sp³-hybridized carbons (Fsp3) is 0.435. The molecule has 0 unspecified atom stereocenters. The Morgan fingerprint density at radius 2 is 2.09 bits per heavy atom. The van der Waals surface area contributed by atoms with Crippen molar-refractivity contribution in [2.75, 3.05) is 50.2 Å². The number of methoxy groups -OCH3 is 1. The highest BCUT2D eigenvalue weighted by Crippen LogP contribution is 2.36. The lowest BCUT2D eigenvalue weighted by Gasteiger charge is -2.40. The first kappa shape index (κ1) is 22.0. The van der Waals surface area contributed by atoms with E-state index in [1.807, 2.05) is 37.4 Å². The molecule has 0 saturated carbocycles. The highest BCUT2D eigenvalue weighted by atomic mass is 16.5. The lowest BCUT2D eigenvalue weighted by molar-refractivity contribution is -0.126. The molecule has 9 nitrogen and oxygen atoms in total. The van der Waals surface area contributed by atoms with Crippen LogP contribution in [0.4, 0.5) is 11.5 Å². The third kappa shape index (κ3) is 4.39. The molecular weight excluding hydrogens is 408 g/mol. The summed E-state index contributed by atoms with van der Waals surface area (Å²) < 4.78 is 10.7. The Hall–Kier alpha value is -3.17. The molecule has 32 heavy (non-hydrogen) atoms. The number of carbonyl (C=O) groups excluding carboxylic acids is 1. The smallest absolute Gasteiger partial charge is 0.232 e. The Kier molecular flexibility index (Phi) is 6.57. The molecule has 0 radical (unpaired) electrons. The minimum atomic E-state index is -0.622. The maximum absolute atomic E-state index is 13.3. The fourth-order valence-corrected chi connectivity index (χ4v) is 4.18. The van der Waals surface area contributed by atoms with E-state index in [1.54, 1.807) is 13.4 Å². The Morgan fingerprint density at radius 3 is 2.84 bits per heavy atom. The summed E-state index contributed by atoms with van der Waals surface area (Å²) in [6, 6.07) is 7.38. The molecule has 170 valence electrons.